The first-order valence-corrected chi connectivity index (χ1v) is 11.8. The first-order valence-electron chi connectivity index (χ1n) is 8.71. The number of hydrogen-bond donors (Lipinski definition) is 1. The third-order valence-electron chi connectivity index (χ3n) is 3.93. The van der Waals surface area contributed by atoms with Crippen molar-refractivity contribution >= 4 is 44.0 Å². The number of benzene rings is 3. The molecule has 0 saturated heterocycles. The normalized spacial score (nSPS) is 11.3. The minimum absolute atomic E-state index is 0.0496. The largest absolute Gasteiger partial charge is 0.492 e. The SMILES string of the molecule is CS(=O)(=O)CCOc1cccc(NC(=O)CSc2ccc3ccccc3c2)c1. The third kappa shape index (κ3) is 6.28. The Balaban J connectivity index is 1.53. The van der Waals surface area contributed by atoms with Crippen molar-refractivity contribution in [1.82, 2.24) is 0 Å². The van der Waals surface area contributed by atoms with E-state index in [0.717, 1.165) is 10.3 Å². The standard InChI is InChI=1S/C21H21NO4S2/c1-28(24,25)12-11-26-19-8-4-7-18(14-19)22-21(23)15-27-20-10-9-16-5-2-3-6-17(16)13-20/h2-10,13-14H,11-12,15H2,1H3,(H,22,23). The van der Waals surface area contributed by atoms with Crippen molar-refractivity contribution in [1.29, 1.82) is 0 Å². The van der Waals surface area contributed by atoms with E-state index in [9.17, 15) is 13.2 Å². The molecule has 0 aliphatic heterocycles. The van der Waals surface area contributed by atoms with Crippen LogP contribution in [0.4, 0.5) is 5.69 Å². The van der Waals surface area contributed by atoms with Crippen LogP contribution >= 0.6 is 11.8 Å². The molecular weight excluding hydrogens is 394 g/mol. The Morgan fingerprint density at radius 3 is 2.57 bits per heavy atom. The monoisotopic (exact) mass is 415 g/mol. The molecule has 3 aromatic rings. The van der Waals surface area contributed by atoms with Gasteiger partial charge in [0.05, 0.1) is 11.5 Å². The van der Waals surface area contributed by atoms with E-state index in [1.807, 2.05) is 24.3 Å². The Morgan fingerprint density at radius 1 is 1.00 bits per heavy atom. The van der Waals surface area contributed by atoms with Gasteiger partial charge in [0.1, 0.15) is 12.4 Å². The number of ether oxygens (including phenoxy) is 1. The van der Waals surface area contributed by atoms with Crippen LogP contribution in [-0.2, 0) is 14.6 Å². The van der Waals surface area contributed by atoms with Crippen LogP contribution in [0.3, 0.4) is 0 Å². The summed E-state index contributed by atoms with van der Waals surface area (Å²) in [6.07, 6.45) is 1.17. The van der Waals surface area contributed by atoms with Gasteiger partial charge in [-0.3, -0.25) is 4.79 Å². The van der Waals surface area contributed by atoms with E-state index in [4.69, 9.17) is 4.74 Å². The van der Waals surface area contributed by atoms with Crippen molar-refractivity contribution in [2.45, 2.75) is 4.90 Å². The number of rotatable bonds is 8. The molecule has 0 saturated carbocycles. The summed E-state index contributed by atoms with van der Waals surface area (Å²) < 4.78 is 27.8. The lowest BCUT2D eigenvalue weighted by Gasteiger charge is -2.09. The smallest absolute Gasteiger partial charge is 0.234 e. The second-order valence-corrected chi connectivity index (χ2v) is 9.66. The van der Waals surface area contributed by atoms with Crippen LogP contribution in [0, 0.1) is 0 Å². The predicted octanol–water partition coefficient (Wildman–Crippen LogP) is 3.99. The molecule has 1 amide bonds. The van der Waals surface area contributed by atoms with Gasteiger partial charge in [0.25, 0.3) is 0 Å². The van der Waals surface area contributed by atoms with Gasteiger partial charge >= 0.3 is 0 Å². The van der Waals surface area contributed by atoms with Crippen molar-refractivity contribution in [2.75, 3.05) is 29.7 Å². The maximum Gasteiger partial charge on any atom is 0.234 e. The Morgan fingerprint density at radius 2 is 1.79 bits per heavy atom. The van der Waals surface area contributed by atoms with Gasteiger partial charge in [-0.15, -0.1) is 11.8 Å². The molecule has 0 radical (unpaired) electrons. The summed E-state index contributed by atoms with van der Waals surface area (Å²) in [6.45, 7) is 0.0774. The van der Waals surface area contributed by atoms with Crippen LogP contribution in [0.25, 0.3) is 10.8 Å². The first-order chi connectivity index (χ1) is 13.4. The Labute approximate surface area is 169 Å². The summed E-state index contributed by atoms with van der Waals surface area (Å²) >= 11 is 1.47. The molecule has 0 unspecified atom stereocenters. The summed E-state index contributed by atoms with van der Waals surface area (Å²) in [7, 11) is -3.07. The fraction of sp³-hybridized carbons (Fsp3) is 0.190. The van der Waals surface area contributed by atoms with Crippen LogP contribution in [-0.4, -0.2) is 38.7 Å². The minimum atomic E-state index is -3.07. The highest BCUT2D eigenvalue weighted by Gasteiger charge is 2.07. The molecule has 7 heteroatoms. The summed E-state index contributed by atoms with van der Waals surface area (Å²) in [6, 6.07) is 21.2. The van der Waals surface area contributed by atoms with Gasteiger partial charge in [-0.05, 0) is 35.0 Å². The highest BCUT2D eigenvalue weighted by molar-refractivity contribution is 8.00. The third-order valence-corrected chi connectivity index (χ3v) is 5.83. The Hall–Kier alpha value is -2.51. The lowest BCUT2D eigenvalue weighted by molar-refractivity contribution is -0.113. The van der Waals surface area contributed by atoms with Gasteiger partial charge < -0.3 is 10.1 Å². The molecule has 5 nitrogen and oxygen atoms in total. The lowest BCUT2D eigenvalue weighted by atomic mass is 10.1. The molecule has 0 aliphatic rings. The van der Waals surface area contributed by atoms with Gasteiger partial charge in [-0.25, -0.2) is 8.42 Å². The van der Waals surface area contributed by atoms with Crippen molar-refractivity contribution in [3.8, 4) is 5.75 Å². The zero-order valence-electron chi connectivity index (χ0n) is 15.4. The molecule has 3 rings (SSSR count). The molecule has 146 valence electrons. The quantitative estimate of drug-likeness (QED) is 0.563. The number of carbonyl (C=O) groups is 1. The number of sulfone groups is 1. The second-order valence-electron chi connectivity index (χ2n) is 6.35. The summed E-state index contributed by atoms with van der Waals surface area (Å²) in [4.78, 5) is 13.3. The van der Waals surface area contributed by atoms with Crippen LogP contribution in [0.15, 0.2) is 71.6 Å². The fourth-order valence-electron chi connectivity index (χ4n) is 2.58. The highest BCUT2D eigenvalue weighted by Crippen LogP contribution is 2.24. The van der Waals surface area contributed by atoms with Crippen LogP contribution in [0.5, 0.6) is 5.75 Å². The fourth-order valence-corrected chi connectivity index (χ4v) is 3.71. The van der Waals surface area contributed by atoms with E-state index < -0.39 is 9.84 Å². The Kier molecular flexibility index (Phi) is 6.59. The number of nitrogens with one attached hydrogen (secondary N) is 1. The number of fused-ring (bicyclic) bond motifs is 1. The van der Waals surface area contributed by atoms with Gasteiger partial charge in [0.15, 0.2) is 9.84 Å². The van der Waals surface area contributed by atoms with Crippen LogP contribution in [0.1, 0.15) is 0 Å². The number of carbonyl (C=O) groups excluding carboxylic acids is 1. The zero-order valence-corrected chi connectivity index (χ0v) is 17.1. The summed E-state index contributed by atoms with van der Waals surface area (Å²) in [5.41, 5.74) is 0.612. The molecule has 3 aromatic carbocycles. The maximum atomic E-state index is 12.3. The van der Waals surface area contributed by atoms with Crippen molar-refractivity contribution < 1.29 is 17.9 Å². The predicted molar refractivity (Wildman–Crippen MR) is 115 cm³/mol. The van der Waals surface area contributed by atoms with Gasteiger partial charge in [0, 0.05) is 22.9 Å². The highest BCUT2D eigenvalue weighted by atomic mass is 32.2. The van der Waals surface area contributed by atoms with E-state index >= 15 is 0 Å². The molecule has 0 fully saturated rings. The van der Waals surface area contributed by atoms with Crippen molar-refractivity contribution in [2.24, 2.45) is 0 Å². The summed E-state index contributed by atoms with van der Waals surface area (Å²) in [5, 5.41) is 5.15. The molecule has 0 heterocycles. The second kappa shape index (κ2) is 9.12. The topological polar surface area (TPSA) is 72.5 Å². The zero-order chi connectivity index (χ0) is 20.0. The van der Waals surface area contributed by atoms with Crippen molar-refractivity contribution in [3.63, 3.8) is 0 Å². The molecule has 0 aliphatic carbocycles. The molecule has 0 atom stereocenters. The van der Waals surface area contributed by atoms with Gasteiger partial charge in [-0.2, -0.15) is 0 Å². The summed E-state index contributed by atoms with van der Waals surface area (Å²) in [5.74, 6) is 0.638. The number of amides is 1. The van der Waals surface area contributed by atoms with E-state index in [1.165, 1.54) is 23.4 Å². The maximum absolute atomic E-state index is 12.3. The van der Waals surface area contributed by atoms with E-state index in [-0.39, 0.29) is 24.0 Å². The molecular formula is C21H21NO4S2. The molecule has 0 bridgehead atoms. The van der Waals surface area contributed by atoms with E-state index in [0.29, 0.717) is 11.4 Å². The average Bonchev–Trinajstić information content (AvgIpc) is 2.65. The van der Waals surface area contributed by atoms with Gasteiger partial charge in [0.2, 0.25) is 5.91 Å². The van der Waals surface area contributed by atoms with E-state index in [2.05, 4.69) is 23.5 Å². The number of thioether (sulfide) groups is 1. The molecule has 0 aromatic heterocycles. The van der Waals surface area contributed by atoms with Gasteiger partial charge in [-0.1, -0.05) is 36.4 Å². The number of hydrogen-bond acceptors (Lipinski definition) is 5. The van der Waals surface area contributed by atoms with Crippen LogP contribution in [0.2, 0.25) is 0 Å². The Bertz CT molecular complexity index is 1080. The molecule has 1 N–H and O–H groups in total. The van der Waals surface area contributed by atoms with Crippen molar-refractivity contribution in [3.05, 3.63) is 66.7 Å². The van der Waals surface area contributed by atoms with E-state index in [1.54, 1.807) is 24.3 Å². The minimum Gasteiger partial charge on any atom is -0.492 e. The molecule has 0 spiro atoms. The average molecular weight is 416 g/mol. The number of anilines is 1. The first kappa shape index (κ1) is 20.2. The lowest BCUT2D eigenvalue weighted by Crippen LogP contribution is -2.14. The molecule has 28 heavy (non-hydrogen) atoms. The van der Waals surface area contributed by atoms with Crippen LogP contribution < -0.4 is 10.1 Å².